The van der Waals surface area contributed by atoms with Gasteiger partial charge in [-0.2, -0.15) is 0 Å². The average Bonchev–Trinajstić information content (AvgIpc) is 2.35. The Bertz CT molecular complexity index is 401. The van der Waals surface area contributed by atoms with Crippen LogP contribution in [-0.2, 0) is 10.2 Å². The van der Waals surface area contributed by atoms with Gasteiger partial charge in [0.1, 0.15) is 17.5 Å². The molecule has 0 saturated heterocycles. The lowest BCUT2D eigenvalue weighted by Gasteiger charge is -2.19. The van der Waals surface area contributed by atoms with Crippen molar-refractivity contribution in [3.8, 4) is 0 Å². The molecule has 1 rings (SSSR count). The Morgan fingerprint density at radius 2 is 1.89 bits per heavy atom. The number of anilines is 2. The van der Waals surface area contributed by atoms with Crippen molar-refractivity contribution in [2.75, 3.05) is 30.8 Å². The lowest BCUT2D eigenvalue weighted by Crippen LogP contribution is -2.22. The Labute approximate surface area is 116 Å². The molecule has 0 amide bonds. The molecule has 5 heteroatoms. The SMILES string of the molecule is CCOC(C)CNc1cc(NC)nc(C(C)(C)C)n1. The van der Waals surface area contributed by atoms with E-state index in [0.717, 1.165) is 30.6 Å². The summed E-state index contributed by atoms with van der Waals surface area (Å²) >= 11 is 0. The second-order valence-corrected chi connectivity index (χ2v) is 5.61. The molecule has 0 aliphatic rings. The molecule has 0 aromatic carbocycles. The van der Waals surface area contributed by atoms with Crippen LogP contribution in [0.5, 0.6) is 0 Å². The van der Waals surface area contributed by atoms with Gasteiger partial charge < -0.3 is 15.4 Å². The van der Waals surface area contributed by atoms with Crippen molar-refractivity contribution in [3.63, 3.8) is 0 Å². The fourth-order valence-electron chi connectivity index (χ4n) is 1.59. The highest BCUT2D eigenvalue weighted by Crippen LogP contribution is 2.22. The first-order valence-electron chi connectivity index (χ1n) is 6.79. The zero-order chi connectivity index (χ0) is 14.5. The number of ether oxygens (including phenoxy) is 1. The van der Waals surface area contributed by atoms with Gasteiger partial charge in [-0.3, -0.25) is 0 Å². The van der Waals surface area contributed by atoms with E-state index in [0.29, 0.717) is 0 Å². The summed E-state index contributed by atoms with van der Waals surface area (Å²) < 4.78 is 5.50. The fraction of sp³-hybridized carbons (Fsp3) is 0.714. The summed E-state index contributed by atoms with van der Waals surface area (Å²) in [5.74, 6) is 2.48. The topological polar surface area (TPSA) is 59.1 Å². The van der Waals surface area contributed by atoms with Crippen LogP contribution < -0.4 is 10.6 Å². The second kappa shape index (κ2) is 6.70. The second-order valence-electron chi connectivity index (χ2n) is 5.61. The maximum Gasteiger partial charge on any atom is 0.138 e. The van der Waals surface area contributed by atoms with E-state index in [4.69, 9.17) is 4.74 Å². The van der Waals surface area contributed by atoms with Gasteiger partial charge in [-0.1, -0.05) is 20.8 Å². The first-order valence-corrected chi connectivity index (χ1v) is 6.79. The molecule has 0 radical (unpaired) electrons. The number of nitrogens with one attached hydrogen (secondary N) is 2. The van der Waals surface area contributed by atoms with Crippen LogP contribution in [0.3, 0.4) is 0 Å². The van der Waals surface area contributed by atoms with Crippen LogP contribution in [0.25, 0.3) is 0 Å². The molecule has 0 aliphatic heterocycles. The van der Waals surface area contributed by atoms with Crippen molar-refractivity contribution >= 4 is 11.6 Å². The maximum atomic E-state index is 5.50. The summed E-state index contributed by atoms with van der Waals surface area (Å²) in [5.41, 5.74) is -0.0746. The largest absolute Gasteiger partial charge is 0.377 e. The van der Waals surface area contributed by atoms with Gasteiger partial charge >= 0.3 is 0 Å². The molecule has 1 aromatic rings. The maximum absolute atomic E-state index is 5.50. The standard InChI is InChI=1S/C14H26N4O/c1-7-19-10(2)9-16-12-8-11(15-6)17-13(18-12)14(3,4)5/h8,10H,7,9H2,1-6H3,(H2,15,16,17,18). The molecule has 5 nitrogen and oxygen atoms in total. The average molecular weight is 266 g/mol. The Morgan fingerprint density at radius 3 is 2.42 bits per heavy atom. The molecule has 2 N–H and O–H groups in total. The molecule has 0 bridgehead atoms. The van der Waals surface area contributed by atoms with Gasteiger partial charge in [0, 0.05) is 31.7 Å². The molecule has 1 unspecified atom stereocenters. The van der Waals surface area contributed by atoms with E-state index in [1.807, 2.05) is 27.0 Å². The van der Waals surface area contributed by atoms with Crippen molar-refractivity contribution in [1.82, 2.24) is 9.97 Å². The van der Waals surface area contributed by atoms with Crippen molar-refractivity contribution in [3.05, 3.63) is 11.9 Å². The van der Waals surface area contributed by atoms with Gasteiger partial charge in [0.2, 0.25) is 0 Å². The molecular weight excluding hydrogens is 240 g/mol. The van der Waals surface area contributed by atoms with E-state index in [2.05, 4.69) is 41.4 Å². The summed E-state index contributed by atoms with van der Waals surface area (Å²) in [6.07, 6.45) is 0.163. The van der Waals surface area contributed by atoms with Crippen LogP contribution in [0.2, 0.25) is 0 Å². The molecule has 1 atom stereocenters. The number of aromatic nitrogens is 2. The predicted octanol–water partition coefficient (Wildman–Crippen LogP) is 2.65. The van der Waals surface area contributed by atoms with Crippen LogP contribution in [0.4, 0.5) is 11.6 Å². The molecule has 0 fully saturated rings. The van der Waals surface area contributed by atoms with Crippen molar-refractivity contribution < 1.29 is 4.74 Å². The molecule has 108 valence electrons. The molecule has 1 aromatic heterocycles. The summed E-state index contributed by atoms with van der Waals surface area (Å²) in [5, 5.41) is 6.37. The minimum atomic E-state index is -0.0746. The fourth-order valence-corrected chi connectivity index (χ4v) is 1.59. The van der Waals surface area contributed by atoms with Crippen molar-refractivity contribution in [2.45, 2.75) is 46.1 Å². The Morgan fingerprint density at radius 1 is 1.26 bits per heavy atom. The first kappa shape index (κ1) is 15.7. The third-order valence-electron chi connectivity index (χ3n) is 2.67. The number of hydrogen-bond donors (Lipinski definition) is 2. The molecule has 0 saturated carbocycles. The van der Waals surface area contributed by atoms with E-state index in [-0.39, 0.29) is 11.5 Å². The lowest BCUT2D eigenvalue weighted by molar-refractivity contribution is 0.0855. The Balaban J connectivity index is 2.83. The van der Waals surface area contributed by atoms with Crippen molar-refractivity contribution in [2.24, 2.45) is 0 Å². The highest BCUT2D eigenvalue weighted by Gasteiger charge is 2.19. The van der Waals surface area contributed by atoms with E-state index >= 15 is 0 Å². The van der Waals surface area contributed by atoms with Gasteiger partial charge in [0.25, 0.3) is 0 Å². The number of hydrogen-bond acceptors (Lipinski definition) is 5. The number of nitrogens with zero attached hydrogens (tertiary/aromatic N) is 2. The zero-order valence-electron chi connectivity index (χ0n) is 12.9. The van der Waals surface area contributed by atoms with E-state index in [1.165, 1.54) is 0 Å². The van der Waals surface area contributed by atoms with E-state index < -0.39 is 0 Å². The molecule has 19 heavy (non-hydrogen) atoms. The quantitative estimate of drug-likeness (QED) is 0.829. The third-order valence-corrected chi connectivity index (χ3v) is 2.67. The predicted molar refractivity (Wildman–Crippen MR) is 79.9 cm³/mol. The van der Waals surface area contributed by atoms with Crippen molar-refractivity contribution in [1.29, 1.82) is 0 Å². The summed E-state index contributed by atoms with van der Waals surface area (Å²) in [6, 6.07) is 1.91. The summed E-state index contributed by atoms with van der Waals surface area (Å²) in [7, 11) is 1.86. The minimum Gasteiger partial charge on any atom is -0.377 e. The van der Waals surface area contributed by atoms with Gasteiger partial charge in [0.15, 0.2) is 0 Å². The van der Waals surface area contributed by atoms with E-state index in [9.17, 15) is 0 Å². The Kier molecular flexibility index (Phi) is 5.54. The zero-order valence-corrected chi connectivity index (χ0v) is 12.9. The van der Waals surface area contributed by atoms with Crippen LogP contribution in [0.1, 0.15) is 40.4 Å². The number of rotatable bonds is 6. The highest BCUT2D eigenvalue weighted by atomic mass is 16.5. The van der Waals surface area contributed by atoms with Crippen LogP contribution in [0, 0.1) is 0 Å². The van der Waals surface area contributed by atoms with Crippen LogP contribution in [0.15, 0.2) is 6.07 Å². The third kappa shape index (κ3) is 5.03. The monoisotopic (exact) mass is 266 g/mol. The molecule has 1 heterocycles. The van der Waals surface area contributed by atoms with Gasteiger partial charge in [-0.15, -0.1) is 0 Å². The molecular formula is C14H26N4O. The highest BCUT2D eigenvalue weighted by molar-refractivity contribution is 5.47. The minimum absolute atomic E-state index is 0.0746. The van der Waals surface area contributed by atoms with Crippen LogP contribution in [-0.4, -0.2) is 36.3 Å². The summed E-state index contributed by atoms with van der Waals surface area (Å²) in [4.78, 5) is 9.06. The molecule has 0 aliphatic carbocycles. The Hall–Kier alpha value is -1.36. The van der Waals surface area contributed by atoms with Gasteiger partial charge in [0.05, 0.1) is 6.10 Å². The van der Waals surface area contributed by atoms with Gasteiger partial charge in [-0.05, 0) is 13.8 Å². The first-order chi connectivity index (χ1) is 8.86. The van der Waals surface area contributed by atoms with Crippen LogP contribution >= 0.6 is 0 Å². The molecule has 0 spiro atoms. The lowest BCUT2D eigenvalue weighted by atomic mass is 9.96. The van der Waals surface area contributed by atoms with Gasteiger partial charge in [-0.25, -0.2) is 9.97 Å². The normalized spacial score (nSPS) is 13.2. The smallest absolute Gasteiger partial charge is 0.138 e. The van der Waals surface area contributed by atoms with E-state index in [1.54, 1.807) is 0 Å². The summed E-state index contributed by atoms with van der Waals surface area (Å²) in [6.45, 7) is 11.8.